The molecule has 0 radical (unpaired) electrons. The first kappa shape index (κ1) is 27.0. The molecular weight excluding hydrogens is 446 g/mol. The van der Waals surface area contributed by atoms with Gasteiger partial charge in [-0.15, -0.1) is 0 Å². The summed E-state index contributed by atoms with van der Waals surface area (Å²) >= 11 is 0. The van der Waals surface area contributed by atoms with E-state index >= 15 is 0 Å². The molecule has 2 aromatic carbocycles. The highest BCUT2D eigenvalue weighted by molar-refractivity contribution is 5.93. The van der Waals surface area contributed by atoms with Crippen LogP contribution < -0.4 is 5.73 Å². The Morgan fingerprint density at radius 2 is 1.58 bits per heavy atom. The van der Waals surface area contributed by atoms with Gasteiger partial charge in [0.25, 0.3) is 0 Å². The lowest BCUT2D eigenvalue weighted by Crippen LogP contribution is -2.13. The number of rotatable bonds is 9. The van der Waals surface area contributed by atoms with Crippen LogP contribution in [0.4, 0.5) is 5.95 Å². The largest absolute Gasteiger partial charge is 0.368 e. The van der Waals surface area contributed by atoms with Crippen molar-refractivity contribution in [3.63, 3.8) is 0 Å². The first-order valence-electron chi connectivity index (χ1n) is 12.5. The highest BCUT2D eigenvalue weighted by atomic mass is 15.1. The molecule has 0 saturated heterocycles. The topological polar surface area (TPSA) is 75.6 Å². The molecule has 0 amide bonds. The van der Waals surface area contributed by atoms with Crippen LogP contribution in [0.5, 0.6) is 0 Å². The van der Waals surface area contributed by atoms with E-state index in [9.17, 15) is 0 Å². The summed E-state index contributed by atoms with van der Waals surface area (Å²) in [5.74, 6) is 0.264. The van der Waals surface area contributed by atoms with Gasteiger partial charge in [0.1, 0.15) is 0 Å². The van der Waals surface area contributed by atoms with Crippen LogP contribution in [0.1, 0.15) is 25.3 Å². The highest BCUT2D eigenvalue weighted by Gasteiger charge is 2.13. The van der Waals surface area contributed by atoms with Gasteiger partial charge in [-0.25, -0.2) is 4.98 Å². The lowest BCUT2D eigenvalue weighted by atomic mass is 10.1. The van der Waals surface area contributed by atoms with E-state index in [0.717, 1.165) is 53.1 Å². The lowest BCUT2D eigenvalue weighted by Gasteiger charge is -2.08. The van der Waals surface area contributed by atoms with Crippen LogP contribution in [0.25, 0.3) is 28.0 Å². The van der Waals surface area contributed by atoms with Gasteiger partial charge in [-0.05, 0) is 77.9 Å². The molecule has 0 bridgehead atoms. The standard InChI is InChI=1S/C24H26N6.C5H13N/c1-29(2)15-6-14-26-17-18-9-11-19(12-10-18)22-21-13-16-30(20-7-4-3-5-8-20)23(21)28-24(25)27-22;1-4-5-6(2)3/h3-5,7-13,16-17H,6,14-15H2,1-2H3,(H2,25,27,28);4-5H2,1-3H3. The summed E-state index contributed by atoms with van der Waals surface area (Å²) < 4.78 is 2.03. The summed E-state index contributed by atoms with van der Waals surface area (Å²) in [7, 11) is 8.33. The van der Waals surface area contributed by atoms with Crippen molar-refractivity contribution in [3.05, 3.63) is 72.4 Å². The quantitative estimate of drug-likeness (QED) is 0.267. The second-order valence-corrected chi connectivity index (χ2v) is 9.31. The third kappa shape index (κ3) is 7.73. The Kier molecular flexibility index (Phi) is 10.2. The van der Waals surface area contributed by atoms with E-state index < -0.39 is 0 Å². The van der Waals surface area contributed by atoms with Crippen LogP contribution >= 0.6 is 0 Å². The van der Waals surface area contributed by atoms with Crippen LogP contribution in [0, 0.1) is 0 Å². The Bertz CT molecular complexity index is 1230. The molecule has 0 aliphatic carbocycles. The van der Waals surface area contributed by atoms with Crippen molar-refractivity contribution in [1.82, 2.24) is 24.3 Å². The van der Waals surface area contributed by atoms with E-state index in [0.29, 0.717) is 0 Å². The number of aromatic nitrogens is 3. The van der Waals surface area contributed by atoms with Crippen molar-refractivity contribution in [2.24, 2.45) is 4.99 Å². The van der Waals surface area contributed by atoms with Gasteiger partial charge in [0.2, 0.25) is 5.95 Å². The number of anilines is 1. The van der Waals surface area contributed by atoms with Crippen LogP contribution in [0.3, 0.4) is 0 Å². The summed E-state index contributed by atoms with van der Waals surface area (Å²) in [6.45, 7) is 5.26. The zero-order valence-electron chi connectivity index (χ0n) is 22.2. The molecule has 190 valence electrons. The van der Waals surface area contributed by atoms with E-state index in [1.54, 1.807) is 0 Å². The molecule has 0 atom stereocenters. The average Bonchev–Trinajstić information content (AvgIpc) is 3.28. The van der Waals surface area contributed by atoms with Gasteiger partial charge >= 0.3 is 0 Å². The molecule has 2 N–H and O–H groups in total. The minimum absolute atomic E-state index is 0.264. The fraction of sp³-hybridized carbons (Fsp3) is 0.345. The molecular formula is C29H39N7. The van der Waals surface area contributed by atoms with Gasteiger partial charge in [0, 0.05) is 35.6 Å². The molecule has 7 heteroatoms. The zero-order valence-corrected chi connectivity index (χ0v) is 22.2. The molecule has 7 nitrogen and oxygen atoms in total. The number of para-hydroxylation sites is 1. The number of nitrogens with zero attached hydrogens (tertiary/aromatic N) is 6. The van der Waals surface area contributed by atoms with E-state index in [1.165, 1.54) is 13.0 Å². The van der Waals surface area contributed by atoms with Gasteiger partial charge < -0.3 is 20.1 Å². The van der Waals surface area contributed by atoms with Crippen molar-refractivity contribution in [2.75, 3.05) is 53.6 Å². The molecule has 4 rings (SSSR count). The van der Waals surface area contributed by atoms with Crippen molar-refractivity contribution in [2.45, 2.75) is 19.8 Å². The SMILES string of the molecule is CCCN(C)C.CN(C)CCCN=Cc1ccc(-c2nc(N)nc3c2ccn3-c2ccccc2)cc1. The normalized spacial score (nSPS) is 11.4. The first-order chi connectivity index (χ1) is 17.4. The number of aliphatic imine (C=N–C) groups is 1. The highest BCUT2D eigenvalue weighted by Crippen LogP contribution is 2.29. The summed E-state index contributed by atoms with van der Waals surface area (Å²) in [6.07, 6.45) is 6.24. The third-order valence-electron chi connectivity index (χ3n) is 5.58. The van der Waals surface area contributed by atoms with Crippen LogP contribution in [0.15, 0.2) is 71.9 Å². The summed E-state index contributed by atoms with van der Waals surface area (Å²) in [5.41, 5.74) is 10.8. The molecule has 2 aromatic heterocycles. The molecule has 0 unspecified atom stereocenters. The van der Waals surface area contributed by atoms with E-state index in [2.05, 4.69) is 84.1 Å². The fourth-order valence-corrected chi connectivity index (χ4v) is 3.87. The number of hydrogen-bond acceptors (Lipinski definition) is 6. The van der Waals surface area contributed by atoms with Gasteiger partial charge in [-0.2, -0.15) is 4.98 Å². The Hall–Kier alpha value is -3.55. The van der Waals surface area contributed by atoms with Crippen molar-refractivity contribution < 1.29 is 0 Å². The maximum absolute atomic E-state index is 6.05. The smallest absolute Gasteiger partial charge is 0.222 e. The fourth-order valence-electron chi connectivity index (χ4n) is 3.87. The molecule has 0 fully saturated rings. The summed E-state index contributed by atoms with van der Waals surface area (Å²) in [6, 6.07) is 20.4. The maximum atomic E-state index is 6.05. The van der Waals surface area contributed by atoms with Crippen LogP contribution in [-0.2, 0) is 0 Å². The molecule has 2 heterocycles. The predicted octanol–water partition coefficient (Wildman–Crippen LogP) is 5.00. The van der Waals surface area contributed by atoms with Gasteiger partial charge in [0.05, 0.1) is 5.69 Å². The lowest BCUT2D eigenvalue weighted by molar-refractivity contribution is 0.403. The van der Waals surface area contributed by atoms with Gasteiger partial charge in [0.15, 0.2) is 5.65 Å². The number of hydrogen-bond donors (Lipinski definition) is 1. The third-order valence-corrected chi connectivity index (χ3v) is 5.58. The minimum Gasteiger partial charge on any atom is -0.368 e. The predicted molar refractivity (Wildman–Crippen MR) is 153 cm³/mol. The molecule has 0 saturated carbocycles. The Morgan fingerprint density at radius 3 is 2.19 bits per heavy atom. The monoisotopic (exact) mass is 485 g/mol. The van der Waals surface area contributed by atoms with Gasteiger partial charge in [-0.1, -0.05) is 49.4 Å². The van der Waals surface area contributed by atoms with E-state index in [4.69, 9.17) is 5.73 Å². The molecule has 36 heavy (non-hydrogen) atoms. The second kappa shape index (κ2) is 13.5. The molecule has 0 aliphatic heterocycles. The van der Waals surface area contributed by atoms with Crippen molar-refractivity contribution >= 4 is 23.2 Å². The van der Waals surface area contributed by atoms with Crippen molar-refractivity contribution in [3.8, 4) is 16.9 Å². The Morgan fingerprint density at radius 1 is 0.889 bits per heavy atom. The first-order valence-corrected chi connectivity index (χ1v) is 12.5. The molecule has 0 aliphatic rings. The number of nitrogen functional groups attached to an aromatic ring is 1. The van der Waals surface area contributed by atoms with Crippen LogP contribution in [-0.4, -0.2) is 78.4 Å². The molecule has 4 aromatic rings. The maximum Gasteiger partial charge on any atom is 0.222 e. The van der Waals surface area contributed by atoms with Crippen molar-refractivity contribution in [1.29, 1.82) is 0 Å². The Labute approximate surface area is 215 Å². The van der Waals surface area contributed by atoms with Crippen LogP contribution in [0.2, 0.25) is 0 Å². The van der Waals surface area contributed by atoms with E-state index in [1.807, 2.05) is 53.4 Å². The Balaban J connectivity index is 0.000000538. The average molecular weight is 486 g/mol. The number of fused-ring (bicyclic) bond motifs is 1. The number of nitrogens with two attached hydrogens (primary N) is 1. The minimum atomic E-state index is 0.264. The molecule has 0 spiro atoms. The summed E-state index contributed by atoms with van der Waals surface area (Å²) in [5, 5.41) is 0.971. The van der Waals surface area contributed by atoms with E-state index in [-0.39, 0.29) is 5.95 Å². The second-order valence-electron chi connectivity index (χ2n) is 9.31. The zero-order chi connectivity index (χ0) is 25.9. The van der Waals surface area contributed by atoms with Gasteiger partial charge in [-0.3, -0.25) is 4.99 Å². The number of benzene rings is 2. The summed E-state index contributed by atoms with van der Waals surface area (Å²) in [4.78, 5) is 17.9.